The lowest BCUT2D eigenvalue weighted by atomic mass is 9.95. The zero-order valence-corrected chi connectivity index (χ0v) is 16.2. The second-order valence-electron chi connectivity index (χ2n) is 7.14. The van der Waals surface area contributed by atoms with E-state index in [0.717, 1.165) is 54.6 Å². The van der Waals surface area contributed by atoms with E-state index in [1.54, 1.807) is 12.5 Å². The molecule has 1 aromatic carbocycles. The average Bonchev–Trinajstić information content (AvgIpc) is 3.16. The van der Waals surface area contributed by atoms with Crippen LogP contribution in [-0.2, 0) is 4.79 Å². The molecule has 0 atom stereocenters. The van der Waals surface area contributed by atoms with E-state index < -0.39 is 0 Å². The van der Waals surface area contributed by atoms with Crippen molar-refractivity contribution in [3.05, 3.63) is 60.4 Å². The number of carbonyl (C=O) groups excluding carboxylic acids is 1. The summed E-state index contributed by atoms with van der Waals surface area (Å²) in [5.41, 5.74) is 1.97. The van der Waals surface area contributed by atoms with Gasteiger partial charge in [0.1, 0.15) is 23.8 Å². The van der Waals surface area contributed by atoms with Gasteiger partial charge in [-0.1, -0.05) is 18.2 Å². The molecule has 4 rings (SSSR count). The van der Waals surface area contributed by atoms with Gasteiger partial charge in [0.2, 0.25) is 5.91 Å². The number of aryl methyl sites for hydroxylation is 2. The van der Waals surface area contributed by atoms with E-state index in [4.69, 9.17) is 0 Å². The van der Waals surface area contributed by atoms with E-state index in [1.165, 1.54) is 0 Å². The SMILES string of the molecule is Cc1ccccc1NC(=O)C1CCN(c2cc(-n3ccnc3C)ncn2)CC1. The largest absolute Gasteiger partial charge is 0.356 e. The summed E-state index contributed by atoms with van der Waals surface area (Å²) < 4.78 is 1.94. The zero-order chi connectivity index (χ0) is 19.5. The lowest BCUT2D eigenvalue weighted by Gasteiger charge is -2.32. The van der Waals surface area contributed by atoms with E-state index in [0.29, 0.717) is 0 Å². The molecule has 144 valence electrons. The molecule has 0 unspecified atom stereocenters. The van der Waals surface area contributed by atoms with Crippen LogP contribution in [0.2, 0.25) is 0 Å². The number of piperidine rings is 1. The molecule has 3 heterocycles. The molecule has 0 radical (unpaired) electrons. The molecule has 1 N–H and O–H groups in total. The number of carbonyl (C=O) groups is 1. The van der Waals surface area contributed by atoms with Crippen molar-refractivity contribution in [2.75, 3.05) is 23.3 Å². The number of nitrogens with one attached hydrogen (secondary N) is 1. The molecule has 1 saturated heterocycles. The Morgan fingerprint density at radius 1 is 1.07 bits per heavy atom. The van der Waals surface area contributed by atoms with Crippen LogP contribution >= 0.6 is 0 Å². The maximum Gasteiger partial charge on any atom is 0.227 e. The molecule has 0 aliphatic carbocycles. The Kier molecular flexibility index (Phi) is 5.06. The minimum absolute atomic E-state index is 0.0213. The van der Waals surface area contributed by atoms with Crippen LogP contribution in [0, 0.1) is 19.8 Å². The molecule has 7 heteroatoms. The summed E-state index contributed by atoms with van der Waals surface area (Å²) in [6.07, 6.45) is 6.85. The quantitative estimate of drug-likeness (QED) is 0.757. The van der Waals surface area contributed by atoms with Gasteiger partial charge in [-0.15, -0.1) is 0 Å². The molecule has 0 spiro atoms. The number of nitrogens with zero attached hydrogens (tertiary/aromatic N) is 5. The summed E-state index contributed by atoms with van der Waals surface area (Å²) >= 11 is 0. The minimum Gasteiger partial charge on any atom is -0.356 e. The van der Waals surface area contributed by atoms with E-state index in [-0.39, 0.29) is 11.8 Å². The molecule has 2 aromatic heterocycles. The van der Waals surface area contributed by atoms with E-state index in [1.807, 2.05) is 54.9 Å². The Hall–Kier alpha value is -3.22. The van der Waals surface area contributed by atoms with Crippen molar-refractivity contribution >= 4 is 17.4 Å². The molecule has 1 fully saturated rings. The van der Waals surface area contributed by atoms with E-state index in [9.17, 15) is 4.79 Å². The van der Waals surface area contributed by atoms with Gasteiger partial charge in [0.15, 0.2) is 0 Å². The normalized spacial score (nSPS) is 14.9. The van der Waals surface area contributed by atoms with Gasteiger partial charge in [0, 0.05) is 43.2 Å². The van der Waals surface area contributed by atoms with Crippen LogP contribution in [0.15, 0.2) is 49.1 Å². The van der Waals surface area contributed by atoms with Crippen LogP contribution in [-0.4, -0.2) is 38.5 Å². The van der Waals surface area contributed by atoms with Crippen LogP contribution < -0.4 is 10.2 Å². The fourth-order valence-corrected chi connectivity index (χ4v) is 3.58. The number of amides is 1. The number of imidazole rings is 1. The summed E-state index contributed by atoms with van der Waals surface area (Å²) in [4.78, 5) is 27.9. The van der Waals surface area contributed by atoms with Crippen LogP contribution in [0.4, 0.5) is 11.5 Å². The maximum absolute atomic E-state index is 12.6. The topological polar surface area (TPSA) is 75.9 Å². The smallest absolute Gasteiger partial charge is 0.227 e. The highest BCUT2D eigenvalue weighted by Crippen LogP contribution is 2.24. The standard InChI is InChI=1S/C21H24N6O/c1-15-5-3-4-6-18(15)25-21(28)17-7-10-26(11-8-17)19-13-20(24-14-23-19)27-12-9-22-16(27)2/h3-6,9,12-14,17H,7-8,10-11H2,1-2H3,(H,25,28). The lowest BCUT2D eigenvalue weighted by molar-refractivity contribution is -0.120. The van der Waals surface area contributed by atoms with Crippen LogP contribution in [0.5, 0.6) is 0 Å². The number of hydrogen-bond donors (Lipinski definition) is 1. The second kappa shape index (κ2) is 7.80. The number of aromatic nitrogens is 4. The molecule has 7 nitrogen and oxygen atoms in total. The summed E-state index contributed by atoms with van der Waals surface area (Å²) in [6, 6.07) is 9.85. The fraction of sp³-hybridized carbons (Fsp3) is 0.333. The Morgan fingerprint density at radius 3 is 2.54 bits per heavy atom. The van der Waals surface area contributed by atoms with E-state index >= 15 is 0 Å². The van der Waals surface area contributed by atoms with Crippen molar-refractivity contribution in [1.82, 2.24) is 19.5 Å². The third kappa shape index (κ3) is 3.74. The molecule has 28 heavy (non-hydrogen) atoms. The van der Waals surface area contributed by atoms with Gasteiger partial charge in [0.05, 0.1) is 0 Å². The summed E-state index contributed by atoms with van der Waals surface area (Å²) in [5, 5.41) is 3.08. The minimum atomic E-state index is 0.0213. The van der Waals surface area contributed by atoms with E-state index in [2.05, 4.69) is 25.2 Å². The second-order valence-corrected chi connectivity index (χ2v) is 7.14. The highest BCUT2D eigenvalue weighted by atomic mass is 16.1. The number of rotatable bonds is 4. The lowest BCUT2D eigenvalue weighted by Crippen LogP contribution is -2.38. The predicted octanol–water partition coefficient (Wildman–Crippen LogP) is 3.13. The summed E-state index contributed by atoms with van der Waals surface area (Å²) in [7, 11) is 0. The number of anilines is 2. The number of benzene rings is 1. The third-order valence-corrected chi connectivity index (χ3v) is 5.30. The van der Waals surface area contributed by atoms with Crippen molar-refractivity contribution in [2.45, 2.75) is 26.7 Å². The molecular formula is C21H24N6O. The molecule has 0 bridgehead atoms. The van der Waals surface area contributed by atoms with Crippen molar-refractivity contribution in [3.8, 4) is 5.82 Å². The van der Waals surface area contributed by atoms with Crippen LogP contribution in [0.25, 0.3) is 5.82 Å². The van der Waals surface area contributed by atoms with Crippen molar-refractivity contribution in [1.29, 1.82) is 0 Å². The van der Waals surface area contributed by atoms with Gasteiger partial charge in [-0.3, -0.25) is 9.36 Å². The first-order chi connectivity index (χ1) is 13.6. The monoisotopic (exact) mass is 376 g/mol. The predicted molar refractivity (Wildman–Crippen MR) is 109 cm³/mol. The van der Waals surface area contributed by atoms with Gasteiger partial charge in [-0.05, 0) is 38.3 Å². The third-order valence-electron chi connectivity index (χ3n) is 5.30. The molecule has 1 amide bonds. The Morgan fingerprint density at radius 2 is 1.82 bits per heavy atom. The molecule has 1 aliphatic rings. The first kappa shape index (κ1) is 18.2. The Balaban J connectivity index is 1.40. The van der Waals surface area contributed by atoms with Gasteiger partial charge < -0.3 is 10.2 Å². The highest BCUT2D eigenvalue weighted by Gasteiger charge is 2.26. The summed E-state index contributed by atoms with van der Waals surface area (Å²) in [5.74, 6) is 2.70. The maximum atomic E-state index is 12.6. The van der Waals surface area contributed by atoms with Crippen molar-refractivity contribution in [3.63, 3.8) is 0 Å². The van der Waals surface area contributed by atoms with Crippen LogP contribution in [0.1, 0.15) is 24.2 Å². The van der Waals surface area contributed by atoms with Crippen LogP contribution in [0.3, 0.4) is 0 Å². The molecule has 1 aliphatic heterocycles. The van der Waals surface area contributed by atoms with Gasteiger partial charge in [-0.25, -0.2) is 15.0 Å². The summed E-state index contributed by atoms with van der Waals surface area (Å²) in [6.45, 7) is 5.55. The first-order valence-corrected chi connectivity index (χ1v) is 9.55. The molecule has 3 aromatic rings. The van der Waals surface area contributed by atoms with Gasteiger partial charge >= 0.3 is 0 Å². The molecular weight excluding hydrogens is 352 g/mol. The number of para-hydroxylation sites is 1. The zero-order valence-electron chi connectivity index (χ0n) is 16.2. The Bertz CT molecular complexity index is 974. The Labute approximate surface area is 164 Å². The molecule has 0 saturated carbocycles. The average molecular weight is 376 g/mol. The number of hydrogen-bond acceptors (Lipinski definition) is 5. The van der Waals surface area contributed by atoms with Gasteiger partial charge in [-0.2, -0.15) is 0 Å². The fourth-order valence-electron chi connectivity index (χ4n) is 3.58. The van der Waals surface area contributed by atoms with Crippen molar-refractivity contribution < 1.29 is 4.79 Å². The first-order valence-electron chi connectivity index (χ1n) is 9.55. The van der Waals surface area contributed by atoms with Gasteiger partial charge in [0.25, 0.3) is 0 Å². The van der Waals surface area contributed by atoms with Crippen molar-refractivity contribution in [2.24, 2.45) is 5.92 Å². The highest BCUT2D eigenvalue weighted by molar-refractivity contribution is 5.93.